The van der Waals surface area contributed by atoms with E-state index in [-0.39, 0.29) is 6.61 Å². The standard InChI is InChI=1S/C11H19NO2/c1-10(2)12(6-4-7-13)9-11-5-3-8-14-11/h3,5,8,10,13H,4,6-7,9H2,1-2H3. The number of rotatable bonds is 6. The van der Waals surface area contributed by atoms with Crippen molar-refractivity contribution >= 4 is 0 Å². The van der Waals surface area contributed by atoms with Gasteiger partial charge in [0.1, 0.15) is 5.76 Å². The lowest BCUT2D eigenvalue weighted by Crippen LogP contribution is -2.31. The van der Waals surface area contributed by atoms with Gasteiger partial charge in [-0.2, -0.15) is 0 Å². The van der Waals surface area contributed by atoms with Crippen LogP contribution in [-0.2, 0) is 6.54 Å². The third-order valence-electron chi connectivity index (χ3n) is 2.27. The van der Waals surface area contributed by atoms with Crippen LogP contribution in [0.15, 0.2) is 22.8 Å². The number of hydrogen-bond donors (Lipinski definition) is 1. The van der Waals surface area contributed by atoms with Crippen molar-refractivity contribution in [2.24, 2.45) is 0 Å². The van der Waals surface area contributed by atoms with E-state index in [4.69, 9.17) is 9.52 Å². The van der Waals surface area contributed by atoms with Crippen LogP contribution in [0.4, 0.5) is 0 Å². The fraction of sp³-hybridized carbons (Fsp3) is 0.636. The molecule has 14 heavy (non-hydrogen) atoms. The predicted octanol–water partition coefficient (Wildman–Crippen LogP) is 1.87. The van der Waals surface area contributed by atoms with Gasteiger partial charge in [0.15, 0.2) is 0 Å². The molecule has 0 spiro atoms. The van der Waals surface area contributed by atoms with Crippen LogP contribution in [0.3, 0.4) is 0 Å². The minimum absolute atomic E-state index is 0.251. The summed E-state index contributed by atoms with van der Waals surface area (Å²) >= 11 is 0. The molecule has 1 heterocycles. The average molecular weight is 197 g/mol. The first-order chi connectivity index (χ1) is 6.74. The highest BCUT2D eigenvalue weighted by atomic mass is 16.3. The minimum Gasteiger partial charge on any atom is -0.468 e. The van der Waals surface area contributed by atoms with Crippen molar-refractivity contribution in [1.29, 1.82) is 0 Å². The molecule has 1 rings (SSSR count). The Morgan fingerprint density at radius 1 is 1.50 bits per heavy atom. The maximum absolute atomic E-state index is 8.77. The maximum atomic E-state index is 8.77. The molecule has 0 fully saturated rings. The Morgan fingerprint density at radius 3 is 2.79 bits per heavy atom. The molecule has 0 bridgehead atoms. The van der Waals surface area contributed by atoms with Crippen LogP contribution in [-0.4, -0.2) is 29.2 Å². The zero-order valence-corrected chi connectivity index (χ0v) is 8.94. The highest BCUT2D eigenvalue weighted by molar-refractivity contribution is 4.98. The quantitative estimate of drug-likeness (QED) is 0.756. The molecule has 0 unspecified atom stereocenters. The Labute approximate surface area is 85.3 Å². The van der Waals surface area contributed by atoms with Crippen LogP contribution in [0.1, 0.15) is 26.0 Å². The molecule has 80 valence electrons. The van der Waals surface area contributed by atoms with Crippen LogP contribution in [0.25, 0.3) is 0 Å². The number of aliphatic hydroxyl groups excluding tert-OH is 1. The third kappa shape index (κ3) is 3.52. The highest BCUT2D eigenvalue weighted by Gasteiger charge is 2.10. The fourth-order valence-corrected chi connectivity index (χ4v) is 1.40. The smallest absolute Gasteiger partial charge is 0.117 e. The molecule has 3 nitrogen and oxygen atoms in total. The molecule has 1 aromatic heterocycles. The summed E-state index contributed by atoms with van der Waals surface area (Å²) in [6.45, 7) is 6.29. The highest BCUT2D eigenvalue weighted by Crippen LogP contribution is 2.08. The largest absolute Gasteiger partial charge is 0.468 e. The van der Waals surface area contributed by atoms with E-state index in [9.17, 15) is 0 Å². The average Bonchev–Trinajstić information content (AvgIpc) is 2.64. The van der Waals surface area contributed by atoms with E-state index < -0.39 is 0 Å². The van der Waals surface area contributed by atoms with Gasteiger partial charge in [0.05, 0.1) is 12.8 Å². The van der Waals surface area contributed by atoms with Gasteiger partial charge in [0.25, 0.3) is 0 Å². The second-order valence-electron chi connectivity index (χ2n) is 3.72. The van der Waals surface area contributed by atoms with Gasteiger partial charge in [-0.05, 0) is 32.4 Å². The van der Waals surface area contributed by atoms with Gasteiger partial charge >= 0.3 is 0 Å². The molecule has 0 amide bonds. The molecule has 0 saturated heterocycles. The van der Waals surface area contributed by atoms with Crippen LogP contribution >= 0.6 is 0 Å². The van der Waals surface area contributed by atoms with Crippen molar-refractivity contribution in [2.75, 3.05) is 13.2 Å². The van der Waals surface area contributed by atoms with Crippen molar-refractivity contribution in [3.05, 3.63) is 24.2 Å². The van der Waals surface area contributed by atoms with Gasteiger partial charge < -0.3 is 9.52 Å². The van der Waals surface area contributed by atoms with Gasteiger partial charge in [-0.1, -0.05) is 0 Å². The van der Waals surface area contributed by atoms with Gasteiger partial charge in [-0.15, -0.1) is 0 Å². The lowest BCUT2D eigenvalue weighted by atomic mass is 10.2. The summed E-state index contributed by atoms with van der Waals surface area (Å²) in [6, 6.07) is 4.36. The number of nitrogens with zero attached hydrogens (tertiary/aromatic N) is 1. The summed E-state index contributed by atoms with van der Waals surface area (Å²) in [5.41, 5.74) is 0. The molecule has 1 N–H and O–H groups in total. The number of aliphatic hydroxyl groups is 1. The summed E-state index contributed by atoms with van der Waals surface area (Å²) in [6.07, 6.45) is 2.51. The Hall–Kier alpha value is -0.800. The summed E-state index contributed by atoms with van der Waals surface area (Å²) in [5, 5.41) is 8.77. The third-order valence-corrected chi connectivity index (χ3v) is 2.27. The fourth-order valence-electron chi connectivity index (χ4n) is 1.40. The minimum atomic E-state index is 0.251. The topological polar surface area (TPSA) is 36.6 Å². The van der Waals surface area contributed by atoms with E-state index in [1.165, 1.54) is 0 Å². The van der Waals surface area contributed by atoms with E-state index in [1.54, 1.807) is 6.26 Å². The first-order valence-electron chi connectivity index (χ1n) is 5.11. The molecule has 0 radical (unpaired) electrons. The molecule has 1 aromatic rings. The van der Waals surface area contributed by atoms with Crippen LogP contribution in [0, 0.1) is 0 Å². The molecular formula is C11H19NO2. The maximum Gasteiger partial charge on any atom is 0.117 e. The van der Waals surface area contributed by atoms with Crippen molar-refractivity contribution in [3.8, 4) is 0 Å². The number of hydrogen-bond acceptors (Lipinski definition) is 3. The zero-order chi connectivity index (χ0) is 10.4. The first-order valence-corrected chi connectivity index (χ1v) is 5.11. The van der Waals surface area contributed by atoms with Crippen molar-refractivity contribution in [3.63, 3.8) is 0 Å². The van der Waals surface area contributed by atoms with Crippen molar-refractivity contribution < 1.29 is 9.52 Å². The monoisotopic (exact) mass is 197 g/mol. The van der Waals surface area contributed by atoms with E-state index in [1.807, 2.05) is 12.1 Å². The molecule has 0 atom stereocenters. The summed E-state index contributed by atoms with van der Waals surface area (Å²) in [7, 11) is 0. The van der Waals surface area contributed by atoms with Crippen LogP contribution in [0.5, 0.6) is 0 Å². The second-order valence-corrected chi connectivity index (χ2v) is 3.72. The second kappa shape index (κ2) is 5.83. The molecule has 0 aliphatic heterocycles. The van der Waals surface area contributed by atoms with Crippen LogP contribution < -0.4 is 0 Å². The van der Waals surface area contributed by atoms with Gasteiger partial charge in [0.2, 0.25) is 0 Å². The van der Waals surface area contributed by atoms with Gasteiger partial charge in [-0.25, -0.2) is 0 Å². The Morgan fingerprint density at radius 2 is 2.29 bits per heavy atom. The molecule has 0 aliphatic rings. The summed E-state index contributed by atoms with van der Waals surface area (Å²) < 4.78 is 5.29. The SMILES string of the molecule is CC(C)N(CCCO)Cc1ccco1. The molecule has 0 aliphatic carbocycles. The van der Waals surface area contributed by atoms with E-state index in [0.29, 0.717) is 6.04 Å². The van der Waals surface area contributed by atoms with E-state index >= 15 is 0 Å². The van der Waals surface area contributed by atoms with Gasteiger partial charge in [0, 0.05) is 19.2 Å². The van der Waals surface area contributed by atoms with Crippen molar-refractivity contribution in [2.45, 2.75) is 32.9 Å². The molecule has 0 saturated carbocycles. The number of furan rings is 1. The lowest BCUT2D eigenvalue weighted by Gasteiger charge is -2.24. The van der Waals surface area contributed by atoms with Crippen molar-refractivity contribution in [1.82, 2.24) is 4.90 Å². The van der Waals surface area contributed by atoms with E-state index in [2.05, 4.69) is 18.7 Å². The zero-order valence-electron chi connectivity index (χ0n) is 8.94. The molecular weight excluding hydrogens is 178 g/mol. The Balaban J connectivity index is 2.43. The predicted molar refractivity (Wildman–Crippen MR) is 56.0 cm³/mol. The van der Waals surface area contributed by atoms with Gasteiger partial charge in [-0.3, -0.25) is 4.90 Å². The normalized spacial score (nSPS) is 11.5. The van der Waals surface area contributed by atoms with E-state index in [0.717, 1.165) is 25.3 Å². The summed E-state index contributed by atoms with van der Waals surface area (Å²) in [5.74, 6) is 0.983. The summed E-state index contributed by atoms with van der Waals surface area (Å²) in [4.78, 5) is 2.29. The Bertz CT molecular complexity index is 231. The first kappa shape index (κ1) is 11.3. The van der Waals surface area contributed by atoms with Crippen LogP contribution in [0.2, 0.25) is 0 Å². The molecule has 0 aromatic carbocycles. The Kier molecular flexibility index (Phi) is 4.70. The lowest BCUT2D eigenvalue weighted by molar-refractivity contribution is 0.173. The molecule has 3 heteroatoms.